The summed E-state index contributed by atoms with van der Waals surface area (Å²) in [4.78, 5) is 4.47. The van der Waals surface area contributed by atoms with E-state index in [1.165, 1.54) is 6.20 Å². The van der Waals surface area contributed by atoms with Gasteiger partial charge in [-0.2, -0.15) is 0 Å². The Kier molecular flexibility index (Phi) is 4.39. The summed E-state index contributed by atoms with van der Waals surface area (Å²) >= 11 is 0. The second-order valence-electron chi connectivity index (χ2n) is 6.98. The fraction of sp³-hybridized carbons (Fsp3) is 0.353. The van der Waals surface area contributed by atoms with Crippen LogP contribution in [0.25, 0.3) is 0 Å². The Balaban J connectivity index is 1.84. The van der Waals surface area contributed by atoms with Gasteiger partial charge in [-0.25, -0.2) is 8.42 Å². The summed E-state index contributed by atoms with van der Waals surface area (Å²) in [5.41, 5.74) is -0.0480. The highest BCUT2D eigenvalue weighted by Crippen LogP contribution is 2.36. The molecule has 0 aliphatic carbocycles. The molecule has 8 heteroatoms. The Hall–Kier alpha value is -1.90. The average molecular weight is 360 g/mol. The van der Waals surface area contributed by atoms with E-state index in [-0.39, 0.29) is 4.90 Å². The summed E-state index contributed by atoms with van der Waals surface area (Å²) in [7, 11) is -4.31. The SMILES string of the molecule is CC1(C)OB(c2cc(NS(=O)(=O)c3ccccc3)ccn2)OC1(C)C. The monoisotopic (exact) mass is 360 g/mol. The van der Waals surface area contributed by atoms with E-state index in [9.17, 15) is 8.42 Å². The van der Waals surface area contributed by atoms with Gasteiger partial charge in [0.1, 0.15) is 0 Å². The van der Waals surface area contributed by atoms with Gasteiger partial charge in [0.2, 0.25) is 0 Å². The molecule has 1 aliphatic heterocycles. The Morgan fingerprint density at radius 3 is 2.20 bits per heavy atom. The Labute approximate surface area is 148 Å². The van der Waals surface area contributed by atoms with Gasteiger partial charge >= 0.3 is 7.12 Å². The smallest absolute Gasteiger partial charge is 0.398 e. The highest BCUT2D eigenvalue weighted by molar-refractivity contribution is 7.92. The number of pyridine rings is 1. The molecule has 0 radical (unpaired) electrons. The largest absolute Gasteiger partial charge is 0.514 e. The van der Waals surface area contributed by atoms with Crippen LogP contribution in [-0.4, -0.2) is 31.7 Å². The lowest BCUT2D eigenvalue weighted by atomic mass is 9.84. The summed E-state index contributed by atoms with van der Waals surface area (Å²) in [5, 5.41) is 0. The van der Waals surface area contributed by atoms with Crippen LogP contribution in [0.4, 0.5) is 5.69 Å². The van der Waals surface area contributed by atoms with E-state index in [0.29, 0.717) is 11.3 Å². The van der Waals surface area contributed by atoms with Crippen molar-refractivity contribution < 1.29 is 17.7 Å². The number of sulfonamides is 1. The number of hydrogen-bond acceptors (Lipinski definition) is 5. The predicted molar refractivity (Wildman–Crippen MR) is 97.2 cm³/mol. The van der Waals surface area contributed by atoms with E-state index in [0.717, 1.165) is 0 Å². The molecule has 0 amide bonds. The molecule has 2 heterocycles. The lowest BCUT2D eigenvalue weighted by molar-refractivity contribution is 0.00578. The molecule has 1 saturated heterocycles. The van der Waals surface area contributed by atoms with Gasteiger partial charge in [-0.1, -0.05) is 18.2 Å². The third-order valence-electron chi connectivity index (χ3n) is 4.58. The van der Waals surface area contributed by atoms with Gasteiger partial charge in [-0.3, -0.25) is 9.71 Å². The zero-order chi connectivity index (χ0) is 18.3. The molecule has 1 fully saturated rings. The third-order valence-corrected chi connectivity index (χ3v) is 5.98. The standard InChI is InChI=1S/C17H21BN2O4S/c1-16(2)17(3,4)24-18(23-16)15-12-13(10-11-19-15)20-25(21,22)14-8-6-5-7-9-14/h5-12H,1-4H3,(H,19,20). The van der Waals surface area contributed by atoms with E-state index < -0.39 is 28.3 Å². The van der Waals surface area contributed by atoms with Crippen molar-refractivity contribution in [2.24, 2.45) is 0 Å². The molecule has 3 rings (SSSR count). The Bertz CT molecular complexity index is 853. The fourth-order valence-corrected chi connectivity index (χ4v) is 3.49. The van der Waals surface area contributed by atoms with E-state index in [1.807, 2.05) is 27.7 Å². The Morgan fingerprint density at radius 1 is 1.00 bits per heavy atom. The number of aromatic nitrogens is 1. The van der Waals surface area contributed by atoms with Crippen molar-refractivity contribution >= 4 is 28.4 Å². The molecular formula is C17H21BN2O4S. The molecule has 25 heavy (non-hydrogen) atoms. The van der Waals surface area contributed by atoms with Gasteiger partial charge in [0.15, 0.2) is 0 Å². The number of rotatable bonds is 4. The van der Waals surface area contributed by atoms with Crippen LogP contribution in [-0.2, 0) is 19.3 Å². The van der Waals surface area contributed by atoms with Crippen molar-refractivity contribution in [2.75, 3.05) is 4.72 Å². The minimum absolute atomic E-state index is 0.198. The first kappa shape index (κ1) is 17.9. The average Bonchev–Trinajstić information content (AvgIpc) is 2.76. The molecule has 0 saturated carbocycles. The minimum atomic E-state index is -3.66. The second kappa shape index (κ2) is 6.12. The number of benzene rings is 1. The fourth-order valence-electron chi connectivity index (χ4n) is 2.42. The first-order valence-corrected chi connectivity index (χ1v) is 9.48. The number of hydrogen-bond donors (Lipinski definition) is 1. The molecule has 1 aromatic carbocycles. The molecular weight excluding hydrogens is 339 g/mol. The van der Waals surface area contributed by atoms with Crippen LogP contribution < -0.4 is 10.3 Å². The van der Waals surface area contributed by atoms with Crippen molar-refractivity contribution in [2.45, 2.75) is 43.8 Å². The topological polar surface area (TPSA) is 77.5 Å². The maximum atomic E-state index is 12.4. The van der Waals surface area contributed by atoms with Crippen LogP contribution in [0.5, 0.6) is 0 Å². The molecule has 1 N–H and O–H groups in total. The highest BCUT2D eigenvalue weighted by atomic mass is 32.2. The van der Waals surface area contributed by atoms with Crippen LogP contribution in [0.1, 0.15) is 27.7 Å². The highest BCUT2D eigenvalue weighted by Gasteiger charge is 2.52. The normalized spacial score (nSPS) is 19.0. The molecule has 2 aromatic rings. The number of nitrogens with zero attached hydrogens (tertiary/aromatic N) is 1. The zero-order valence-corrected chi connectivity index (χ0v) is 15.5. The summed E-state index contributed by atoms with van der Waals surface area (Å²) < 4.78 is 39.4. The molecule has 6 nitrogen and oxygen atoms in total. The Morgan fingerprint density at radius 2 is 1.60 bits per heavy atom. The van der Waals surface area contributed by atoms with Crippen LogP contribution >= 0.6 is 0 Å². The summed E-state index contributed by atoms with van der Waals surface area (Å²) in [6.07, 6.45) is 1.53. The van der Waals surface area contributed by atoms with Crippen molar-refractivity contribution in [3.8, 4) is 0 Å². The van der Waals surface area contributed by atoms with Gasteiger partial charge in [0, 0.05) is 6.20 Å². The third kappa shape index (κ3) is 3.56. The summed E-state index contributed by atoms with van der Waals surface area (Å²) in [6, 6.07) is 11.4. The molecule has 0 spiro atoms. The summed E-state index contributed by atoms with van der Waals surface area (Å²) in [5.74, 6) is 0. The van der Waals surface area contributed by atoms with Crippen LogP contribution in [0.2, 0.25) is 0 Å². The van der Waals surface area contributed by atoms with Crippen molar-refractivity contribution in [3.05, 3.63) is 48.7 Å². The van der Waals surface area contributed by atoms with Crippen LogP contribution in [0.15, 0.2) is 53.6 Å². The number of nitrogens with one attached hydrogen (secondary N) is 1. The summed E-state index contributed by atoms with van der Waals surface area (Å²) in [6.45, 7) is 7.81. The quantitative estimate of drug-likeness (QED) is 0.846. The molecule has 0 unspecified atom stereocenters. The lowest BCUT2D eigenvalue weighted by Crippen LogP contribution is -2.41. The first-order chi connectivity index (χ1) is 11.6. The maximum Gasteiger partial charge on any atom is 0.514 e. The minimum Gasteiger partial charge on any atom is -0.398 e. The van der Waals surface area contributed by atoms with Gasteiger partial charge in [0.25, 0.3) is 10.0 Å². The van der Waals surface area contributed by atoms with E-state index in [1.54, 1.807) is 42.5 Å². The molecule has 1 aliphatic rings. The van der Waals surface area contributed by atoms with Gasteiger partial charge in [-0.15, -0.1) is 0 Å². The zero-order valence-electron chi connectivity index (χ0n) is 14.7. The van der Waals surface area contributed by atoms with Crippen molar-refractivity contribution in [1.29, 1.82) is 0 Å². The van der Waals surface area contributed by atoms with Crippen LogP contribution in [0, 0.1) is 0 Å². The van der Waals surface area contributed by atoms with Crippen molar-refractivity contribution in [1.82, 2.24) is 4.98 Å². The predicted octanol–water partition coefficient (Wildman–Crippen LogP) is 2.18. The van der Waals surface area contributed by atoms with Crippen LogP contribution in [0.3, 0.4) is 0 Å². The van der Waals surface area contributed by atoms with E-state index in [4.69, 9.17) is 9.31 Å². The van der Waals surface area contributed by atoms with Gasteiger partial charge in [0.05, 0.1) is 27.4 Å². The molecule has 0 bridgehead atoms. The lowest BCUT2D eigenvalue weighted by Gasteiger charge is -2.32. The first-order valence-electron chi connectivity index (χ1n) is 8.00. The molecule has 132 valence electrons. The van der Waals surface area contributed by atoms with Crippen molar-refractivity contribution in [3.63, 3.8) is 0 Å². The van der Waals surface area contributed by atoms with Gasteiger partial charge < -0.3 is 9.31 Å². The second-order valence-corrected chi connectivity index (χ2v) is 8.66. The molecule has 0 atom stereocenters. The maximum absolute atomic E-state index is 12.4. The van der Waals surface area contributed by atoms with E-state index >= 15 is 0 Å². The number of anilines is 1. The van der Waals surface area contributed by atoms with E-state index in [2.05, 4.69) is 9.71 Å². The van der Waals surface area contributed by atoms with Gasteiger partial charge in [-0.05, 0) is 52.0 Å². The molecule has 1 aromatic heterocycles.